The van der Waals surface area contributed by atoms with E-state index >= 15 is 0 Å². The highest BCUT2D eigenvalue weighted by Crippen LogP contribution is 2.31. The average molecular weight is 453 g/mol. The van der Waals surface area contributed by atoms with Crippen LogP contribution in [0.5, 0.6) is 0 Å². The number of amides is 2. The van der Waals surface area contributed by atoms with E-state index in [0.29, 0.717) is 13.1 Å². The standard InChI is InChI=1S/C27H40N4O2/c1-30-16-8-11-22-19-23(12-13-24(22)30)25(31-17-6-3-7-18-31)20-29-27(33)26(32)28-15-14-21-9-4-2-5-10-21/h9,12-13,19,25H,2-8,10-11,14-18,20H2,1H3,(H,28,32)(H,29,33)/t25-/m1/s1. The Morgan fingerprint density at radius 3 is 2.55 bits per heavy atom. The third-order valence-electron chi connectivity index (χ3n) is 7.45. The van der Waals surface area contributed by atoms with Gasteiger partial charge in [0, 0.05) is 32.4 Å². The quantitative estimate of drug-likeness (QED) is 0.489. The molecule has 2 N–H and O–H groups in total. The van der Waals surface area contributed by atoms with Crippen LogP contribution in [0.3, 0.4) is 0 Å². The molecule has 2 heterocycles. The molecule has 2 amide bonds. The van der Waals surface area contributed by atoms with Crippen molar-refractivity contribution in [1.29, 1.82) is 0 Å². The molecule has 1 fully saturated rings. The predicted molar refractivity (Wildman–Crippen MR) is 133 cm³/mol. The number of anilines is 1. The molecule has 0 unspecified atom stereocenters. The van der Waals surface area contributed by atoms with Gasteiger partial charge in [-0.3, -0.25) is 14.5 Å². The monoisotopic (exact) mass is 452 g/mol. The van der Waals surface area contributed by atoms with Gasteiger partial charge in [0.25, 0.3) is 0 Å². The van der Waals surface area contributed by atoms with Crippen molar-refractivity contribution < 1.29 is 9.59 Å². The van der Waals surface area contributed by atoms with Crippen LogP contribution >= 0.6 is 0 Å². The lowest BCUT2D eigenvalue weighted by Crippen LogP contribution is -2.45. The number of benzene rings is 1. The first-order valence-corrected chi connectivity index (χ1v) is 12.9. The molecule has 3 aliphatic rings. The van der Waals surface area contributed by atoms with E-state index in [9.17, 15) is 9.59 Å². The van der Waals surface area contributed by atoms with Crippen LogP contribution in [-0.4, -0.2) is 56.5 Å². The molecule has 0 spiro atoms. The summed E-state index contributed by atoms with van der Waals surface area (Å²) in [6.07, 6.45) is 13.8. The van der Waals surface area contributed by atoms with Gasteiger partial charge in [-0.1, -0.05) is 30.2 Å². The second kappa shape index (κ2) is 11.7. The summed E-state index contributed by atoms with van der Waals surface area (Å²) >= 11 is 0. The van der Waals surface area contributed by atoms with Gasteiger partial charge < -0.3 is 15.5 Å². The van der Waals surface area contributed by atoms with Gasteiger partial charge in [-0.15, -0.1) is 0 Å². The van der Waals surface area contributed by atoms with Crippen LogP contribution in [0.1, 0.15) is 75.0 Å². The smallest absolute Gasteiger partial charge is 0.309 e. The van der Waals surface area contributed by atoms with Gasteiger partial charge in [0.2, 0.25) is 0 Å². The summed E-state index contributed by atoms with van der Waals surface area (Å²) in [5.74, 6) is -1.04. The largest absolute Gasteiger partial charge is 0.374 e. The Hall–Kier alpha value is -2.34. The molecule has 1 saturated heterocycles. The molecule has 6 heteroatoms. The Bertz CT molecular complexity index is 860. The van der Waals surface area contributed by atoms with Crippen molar-refractivity contribution in [3.8, 4) is 0 Å². The summed E-state index contributed by atoms with van der Waals surface area (Å²) in [5.41, 5.74) is 5.37. The van der Waals surface area contributed by atoms with E-state index in [0.717, 1.165) is 45.3 Å². The van der Waals surface area contributed by atoms with E-state index in [1.54, 1.807) is 0 Å². The zero-order chi connectivity index (χ0) is 23.0. The number of nitrogens with one attached hydrogen (secondary N) is 2. The first kappa shape index (κ1) is 23.8. The SMILES string of the molecule is CN1CCCc2cc([C@@H](CNC(=O)C(=O)NCCC3=CCCCC3)N3CCCCC3)ccc21. The minimum Gasteiger partial charge on any atom is -0.374 e. The fourth-order valence-corrected chi connectivity index (χ4v) is 5.52. The van der Waals surface area contributed by atoms with Gasteiger partial charge in [-0.2, -0.15) is 0 Å². The van der Waals surface area contributed by atoms with Crippen LogP contribution in [0.15, 0.2) is 29.8 Å². The zero-order valence-corrected chi connectivity index (χ0v) is 20.2. The van der Waals surface area contributed by atoms with Gasteiger partial charge in [0.15, 0.2) is 0 Å². The van der Waals surface area contributed by atoms with Crippen molar-refractivity contribution in [3.05, 3.63) is 41.0 Å². The van der Waals surface area contributed by atoms with Crippen molar-refractivity contribution in [2.75, 3.05) is 44.7 Å². The fraction of sp³-hybridized carbons (Fsp3) is 0.630. The lowest BCUT2D eigenvalue weighted by Gasteiger charge is -2.36. The zero-order valence-electron chi connectivity index (χ0n) is 20.2. The summed E-state index contributed by atoms with van der Waals surface area (Å²) in [6.45, 7) is 4.18. The molecule has 0 saturated carbocycles. The Morgan fingerprint density at radius 1 is 0.939 bits per heavy atom. The van der Waals surface area contributed by atoms with Crippen LogP contribution in [0.25, 0.3) is 0 Å². The third kappa shape index (κ3) is 6.38. The number of nitrogens with zero attached hydrogens (tertiary/aromatic N) is 2. The molecular weight excluding hydrogens is 412 g/mol. The summed E-state index contributed by atoms with van der Waals surface area (Å²) in [7, 11) is 2.16. The molecule has 0 bridgehead atoms. The van der Waals surface area contributed by atoms with Crippen molar-refractivity contribution in [2.24, 2.45) is 0 Å². The number of aryl methyl sites for hydroxylation is 1. The van der Waals surface area contributed by atoms with Gasteiger partial charge >= 0.3 is 11.8 Å². The Balaban J connectivity index is 1.36. The van der Waals surface area contributed by atoms with E-state index in [1.165, 1.54) is 60.9 Å². The minimum atomic E-state index is -0.521. The van der Waals surface area contributed by atoms with Gasteiger partial charge in [-0.25, -0.2) is 0 Å². The molecule has 180 valence electrons. The lowest BCUT2D eigenvalue weighted by atomic mass is 9.95. The third-order valence-corrected chi connectivity index (χ3v) is 7.45. The van der Waals surface area contributed by atoms with E-state index < -0.39 is 11.8 Å². The topological polar surface area (TPSA) is 64.7 Å². The van der Waals surface area contributed by atoms with E-state index in [4.69, 9.17) is 0 Å². The first-order chi connectivity index (χ1) is 16.1. The first-order valence-electron chi connectivity index (χ1n) is 12.9. The maximum Gasteiger partial charge on any atom is 0.309 e. The van der Waals surface area contributed by atoms with Crippen molar-refractivity contribution in [1.82, 2.24) is 15.5 Å². The van der Waals surface area contributed by atoms with E-state index in [-0.39, 0.29) is 6.04 Å². The number of hydrogen-bond donors (Lipinski definition) is 2. The average Bonchev–Trinajstić information content (AvgIpc) is 2.85. The van der Waals surface area contributed by atoms with Crippen LogP contribution in [0.2, 0.25) is 0 Å². The molecule has 33 heavy (non-hydrogen) atoms. The Morgan fingerprint density at radius 2 is 1.76 bits per heavy atom. The molecular formula is C27H40N4O2. The van der Waals surface area contributed by atoms with Crippen LogP contribution in [0, 0.1) is 0 Å². The maximum atomic E-state index is 12.6. The second-order valence-corrected chi connectivity index (χ2v) is 9.85. The highest BCUT2D eigenvalue weighted by Gasteiger charge is 2.25. The Kier molecular flexibility index (Phi) is 8.43. The van der Waals surface area contributed by atoms with Gasteiger partial charge in [0.1, 0.15) is 0 Å². The van der Waals surface area contributed by atoms with Crippen LogP contribution < -0.4 is 15.5 Å². The van der Waals surface area contributed by atoms with Crippen LogP contribution in [-0.2, 0) is 16.0 Å². The van der Waals surface area contributed by atoms with E-state index in [2.05, 4.69) is 51.8 Å². The number of carbonyl (C=O) groups excluding carboxylic acids is 2. The van der Waals surface area contributed by atoms with E-state index in [1.807, 2.05) is 0 Å². The number of hydrogen-bond acceptors (Lipinski definition) is 4. The number of fused-ring (bicyclic) bond motifs is 1. The van der Waals surface area contributed by atoms with Crippen molar-refractivity contribution in [2.45, 2.75) is 70.3 Å². The molecule has 1 aromatic carbocycles. The Labute approximate surface area is 198 Å². The second-order valence-electron chi connectivity index (χ2n) is 9.85. The number of piperidine rings is 1. The summed E-state index contributed by atoms with van der Waals surface area (Å²) < 4.78 is 0. The van der Waals surface area contributed by atoms with Gasteiger partial charge in [0.05, 0.1) is 6.04 Å². The number of allylic oxidation sites excluding steroid dienone is 1. The lowest BCUT2D eigenvalue weighted by molar-refractivity contribution is -0.139. The molecule has 6 nitrogen and oxygen atoms in total. The molecule has 0 radical (unpaired) electrons. The summed E-state index contributed by atoms with van der Waals surface area (Å²) in [5, 5.41) is 5.75. The summed E-state index contributed by atoms with van der Waals surface area (Å²) in [4.78, 5) is 29.7. The normalized spacial score (nSPS) is 19.9. The van der Waals surface area contributed by atoms with Gasteiger partial charge in [-0.05, 0) is 88.1 Å². The number of carbonyl (C=O) groups is 2. The summed E-state index contributed by atoms with van der Waals surface area (Å²) in [6, 6.07) is 6.88. The number of rotatable bonds is 7. The number of likely N-dealkylation sites (tertiary alicyclic amines) is 1. The molecule has 4 rings (SSSR count). The predicted octanol–water partition coefficient (Wildman–Crippen LogP) is 3.72. The molecule has 1 aromatic rings. The van der Waals surface area contributed by atoms with Crippen molar-refractivity contribution >= 4 is 17.5 Å². The van der Waals surface area contributed by atoms with Crippen molar-refractivity contribution in [3.63, 3.8) is 0 Å². The highest BCUT2D eigenvalue weighted by molar-refractivity contribution is 6.35. The fourth-order valence-electron chi connectivity index (χ4n) is 5.52. The minimum absolute atomic E-state index is 0.104. The highest BCUT2D eigenvalue weighted by atomic mass is 16.2. The molecule has 2 aliphatic heterocycles. The molecule has 1 atom stereocenters. The molecule has 0 aromatic heterocycles. The van der Waals surface area contributed by atoms with Crippen LogP contribution in [0.4, 0.5) is 5.69 Å². The molecule has 1 aliphatic carbocycles. The maximum absolute atomic E-state index is 12.6.